The zero-order valence-electron chi connectivity index (χ0n) is 17.7. The minimum absolute atomic E-state index is 0.149. The first-order chi connectivity index (χ1) is 15.8. The van der Waals surface area contributed by atoms with Crippen LogP contribution in [0.1, 0.15) is 21.7 Å². The van der Waals surface area contributed by atoms with Gasteiger partial charge in [0.1, 0.15) is 11.6 Å². The number of anilines is 2. The fraction of sp³-hybridized carbons (Fsp3) is 0.0833. The Balaban J connectivity index is 1.46. The number of carbonyl (C=O) groups excluding carboxylic acids is 1. The molecule has 0 bridgehead atoms. The van der Waals surface area contributed by atoms with Crippen LogP contribution in [0.15, 0.2) is 90.1 Å². The topological polar surface area (TPSA) is 93.1 Å². The van der Waals surface area contributed by atoms with Crippen molar-refractivity contribution in [1.29, 1.82) is 0 Å². The normalized spacial score (nSPS) is 11.2. The predicted molar refractivity (Wildman–Crippen MR) is 124 cm³/mol. The van der Waals surface area contributed by atoms with E-state index in [-0.39, 0.29) is 16.1 Å². The second-order valence-electron chi connectivity index (χ2n) is 7.37. The fourth-order valence-corrected chi connectivity index (χ4v) is 4.33. The first-order valence-corrected chi connectivity index (χ1v) is 11.6. The summed E-state index contributed by atoms with van der Waals surface area (Å²) in [5.41, 5.74) is 1.60. The minimum Gasteiger partial charge on any atom is -0.331 e. The summed E-state index contributed by atoms with van der Waals surface area (Å²) in [6.45, 7) is 2.59. The van der Waals surface area contributed by atoms with E-state index in [1.54, 1.807) is 18.3 Å². The smallest absolute Gasteiger partial charge is 0.262 e. The first kappa shape index (κ1) is 22.2. The van der Waals surface area contributed by atoms with E-state index in [0.29, 0.717) is 12.2 Å². The van der Waals surface area contributed by atoms with E-state index < -0.39 is 21.7 Å². The van der Waals surface area contributed by atoms with Crippen LogP contribution in [0.4, 0.5) is 15.8 Å². The summed E-state index contributed by atoms with van der Waals surface area (Å²) in [5.74, 6) is -0.246. The van der Waals surface area contributed by atoms with E-state index in [1.807, 2.05) is 29.8 Å². The molecule has 3 aromatic carbocycles. The van der Waals surface area contributed by atoms with Crippen molar-refractivity contribution in [2.24, 2.45) is 0 Å². The zero-order valence-corrected chi connectivity index (χ0v) is 18.5. The number of para-hydroxylation sites is 1. The van der Waals surface area contributed by atoms with E-state index in [4.69, 9.17) is 0 Å². The highest BCUT2D eigenvalue weighted by Gasteiger charge is 2.18. The molecule has 2 N–H and O–H groups in total. The van der Waals surface area contributed by atoms with Gasteiger partial charge in [0, 0.05) is 30.2 Å². The first-order valence-electron chi connectivity index (χ1n) is 10.1. The van der Waals surface area contributed by atoms with Crippen LogP contribution in [0.3, 0.4) is 0 Å². The van der Waals surface area contributed by atoms with Crippen molar-refractivity contribution in [2.75, 3.05) is 10.0 Å². The highest BCUT2D eigenvalue weighted by Crippen LogP contribution is 2.20. The molecule has 0 radical (unpaired) electrons. The molecule has 0 atom stereocenters. The second-order valence-corrected chi connectivity index (χ2v) is 9.05. The molecule has 0 saturated carbocycles. The third kappa shape index (κ3) is 5.27. The number of aryl methyl sites for hydroxylation is 1. The van der Waals surface area contributed by atoms with Gasteiger partial charge in [0.2, 0.25) is 0 Å². The Kier molecular flexibility index (Phi) is 6.23. The van der Waals surface area contributed by atoms with Gasteiger partial charge in [-0.05, 0) is 55.0 Å². The molecule has 9 heteroatoms. The summed E-state index contributed by atoms with van der Waals surface area (Å²) in [5, 5.41) is 2.76. The summed E-state index contributed by atoms with van der Waals surface area (Å²) in [6, 6.07) is 18.4. The summed E-state index contributed by atoms with van der Waals surface area (Å²) in [4.78, 5) is 16.7. The number of rotatable bonds is 7. The maximum atomic E-state index is 13.8. The lowest BCUT2D eigenvalue weighted by Gasteiger charge is -2.11. The number of hydrogen-bond donors (Lipinski definition) is 2. The van der Waals surface area contributed by atoms with Crippen molar-refractivity contribution in [3.63, 3.8) is 0 Å². The van der Waals surface area contributed by atoms with Crippen LogP contribution in [0, 0.1) is 12.7 Å². The van der Waals surface area contributed by atoms with Crippen molar-refractivity contribution in [3.8, 4) is 0 Å². The maximum Gasteiger partial charge on any atom is 0.262 e. The number of halogens is 1. The number of imidazole rings is 1. The highest BCUT2D eigenvalue weighted by molar-refractivity contribution is 7.92. The molecule has 33 heavy (non-hydrogen) atoms. The standard InChI is InChI=1S/C24H21FN4O3S/c1-17-26-13-14-29(17)16-18-9-11-20(12-10-18)27-24(30)19-5-4-6-21(15-19)33(31,32)28-23-8-3-2-7-22(23)25/h2-15,28H,16H2,1H3,(H,27,30). The van der Waals surface area contributed by atoms with Crippen molar-refractivity contribution in [2.45, 2.75) is 18.4 Å². The van der Waals surface area contributed by atoms with Crippen LogP contribution in [-0.2, 0) is 16.6 Å². The van der Waals surface area contributed by atoms with Gasteiger partial charge in [-0.2, -0.15) is 0 Å². The fourth-order valence-electron chi connectivity index (χ4n) is 3.22. The molecule has 0 aliphatic carbocycles. The summed E-state index contributed by atoms with van der Waals surface area (Å²) >= 11 is 0. The quantitative estimate of drug-likeness (QED) is 0.423. The number of aromatic nitrogens is 2. The van der Waals surface area contributed by atoms with E-state index in [1.165, 1.54) is 42.5 Å². The molecular weight excluding hydrogens is 443 g/mol. The lowest BCUT2D eigenvalue weighted by atomic mass is 10.2. The van der Waals surface area contributed by atoms with Gasteiger partial charge >= 0.3 is 0 Å². The van der Waals surface area contributed by atoms with E-state index in [0.717, 1.165) is 17.5 Å². The van der Waals surface area contributed by atoms with E-state index in [9.17, 15) is 17.6 Å². The van der Waals surface area contributed by atoms with Gasteiger partial charge in [-0.3, -0.25) is 9.52 Å². The molecule has 0 aliphatic heterocycles. The minimum atomic E-state index is -4.08. The van der Waals surface area contributed by atoms with Gasteiger partial charge in [0.15, 0.2) is 0 Å². The summed E-state index contributed by atoms with van der Waals surface area (Å²) < 4.78 is 43.4. The third-order valence-electron chi connectivity index (χ3n) is 5.01. The van der Waals surface area contributed by atoms with E-state index >= 15 is 0 Å². The molecular formula is C24H21FN4O3S. The zero-order chi connectivity index (χ0) is 23.4. The van der Waals surface area contributed by atoms with Gasteiger partial charge in [0.25, 0.3) is 15.9 Å². The molecule has 0 saturated heterocycles. The second kappa shape index (κ2) is 9.25. The molecule has 1 heterocycles. The SMILES string of the molecule is Cc1nccn1Cc1ccc(NC(=O)c2cccc(S(=O)(=O)Nc3ccccc3F)c2)cc1. The van der Waals surface area contributed by atoms with Crippen molar-refractivity contribution < 1.29 is 17.6 Å². The molecule has 0 spiro atoms. The van der Waals surface area contributed by atoms with Crippen molar-refractivity contribution >= 4 is 27.3 Å². The van der Waals surface area contributed by atoms with Gasteiger partial charge in [-0.1, -0.05) is 30.3 Å². The van der Waals surface area contributed by atoms with Gasteiger partial charge < -0.3 is 9.88 Å². The molecule has 4 rings (SSSR count). The Morgan fingerprint density at radius 2 is 1.79 bits per heavy atom. The average Bonchev–Trinajstić information content (AvgIpc) is 3.21. The molecule has 0 fully saturated rings. The number of hydrogen-bond acceptors (Lipinski definition) is 4. The number of sulfonamides is 1. The number of nitrogens with zero attached hydrogens (tertiary/aromatic N) is 2. The number of carbonyl (C=O) groups is 1. The van der Waals surface area contributed by atoms with Gasteiger partial charge in [-0.25, -0.2) is 17.8 Å². The molecule has 1 amide bonds. The Labute approximate surface area is 191 Å². The Morgan fingerprint density at radius 1 is 1.03 bits per heavy atom. The molecule has 0 aliphatic rings. The third-order valence-corrected chi connectivity index (χ3v) is 6.38. The Morgan fingerprint density at radius 3 is 2.48 bits per heavy atom. The number of amides is 1. The Bertz CT molecular complexity index is 1400. The largest absolute Gasteiger partial charge is 0.331 e. The van der Waals surface area contributed by atoms with Crippen molar-refractivity contribution in [3.05, 3.63) is 108 Å². The lowest BCUT2D eigenvalue weighted by Crippen LogP contribution is -2.16. The maximum absolute atomic E-state index is 13.8. The summed E-state index contributed by atoms with van der Waals surface area (Å²) in [7, 11) is -4.08. The van der Waals surface area contributed by atoms with Crippen LogP contribution < -0.4 is 10.0 Å². The van der Waals surface area contributed by atoms with Crippen molar-refractivity contribution in [1.82, 2.24) is 9.55 Å². The van der Waals surface area contributed by atoms with Crippen LogP contribution in [0.25, 0.3) is 0 Å². The molecule has 1 aromatic heterocycles. The van der Waals surface area contributed by atoms with Crippen LogP contribution >= 0.6 is 0 Å². The molecule has 0 unspecified atom stereocenters. The number of nitrogens with one attached hydrogen (secondary N) is 2. The predicted octanol–water partition coefficient (Wildman–Crippen LogP) is 4.43. The average molecular weight is 465 g/mol. The molecule has 4 aromatic rings. The summed E-state index contributed by atoms with van der Waals surface area (Å²) in [6.07, 6.45) is 3.64. The van der Waals surface area contributed by atoms with E-state index in [2.05, 4.69) is 15.0 Å². The van der Waals surface area contributed by atoms with Crippen LogP contribution in [-0.4, -0.2) is 23.9 Å². The monoisotopic (exact) mass is 464 g/mol. The lowest BCUT2D eigenvalue weighted by molar-refractivity contribution is 0.102. The van der Waals surface area contributed by atoms with Gasteiger partial charge in [0.05, 0.1) is 10.6 Å². The highest BCUT2D eigenvalue weighted by atomic mass is 32.2. The Hall–Kier alpha value is -3.98. The van der Waals surface area contributed by atoms with Gasteiger partial charge in [-0.15, -0.1) is 0 Å². The van der Waals surface area contributed by atoms with Crippen LogP contribution in [0.2, 0.25) is 0 Å². The number of benzene rings is 3. The molecule has 168 valence electrons. The molecule has 7 nitrogen and oxygen atoms in total. The van der Waals surface area contributed by atoms with Crippen LogP contribution in [0.5, 0.6) is 0 Å².